The molecular formula is C20H21NO. The molecule has 0 aliphatic rings. The zero-order chi connectivity index (χ0) is 15.4. The van der Waals surface area contributed by atoms with E-state index in [-0.39, 0.29) is 0 Å². The zero-order valence-corrected chi connectivity index (χ0v) is 13.2. The fourth-order valence-corrected chi connectivity index (χ4v) is 2.82. The lowest BCUT2D eigenvalue weighted by molar-refractivity contribution is 0.415. The highest BCUT2D eigenvalue weighted by molar-refractivity contribution is 5.97. The van der Waals surface area contributed by atoms with Crippen LogP contribution in [-0.2, 0) is 6.42 Å². The van der Waals surface area contributed by atoms with Crippen molar-refractivity contribution >= 4 is 10.8 Å². The van der Waals surface area contributed by atoms with Gasteiger partial charge >= 0.3 is 0 Å². The molecule has 2 heteroatoms. The Bertz CT molecular complexity index is 762. The molecule has 0 atom stereocenters. The Kier molecular flexibility index (Phi) is 4.38. The lowest BCUT2D eigenvalue weighted by Crippen LogP contribution is -1.96. The number of ether oxygens (including phenoxy) is 1. The van der Waals surface area contributed by atoms with Crippen molar-refractivity contribution in [2.24, 2.45) is 0 Å². The fourth-order valence-electron chi connectivity index (χ4n) is 2.82. The van der Waals surface area contributed by atoms with Gasteiger partial charge in [-0.3, -0.25) is 4.98 Å². The fraction of sp³-hybridized carbons (Fsp3) is 0.250. The van der Waals surface area contributed by atoms with Crippen molar-refractivity contribution in [3.63, 3.8) is 0 Å². The van der Waals surface area contributed by atoms with Crippen LogP contribution in [-0.4, -0.2) is 12.1 Å². The molecule has 0 saturated heterocycles. The molecule has 0 bridgehead atoms. The van der Waals surface area contributed by atoms with Gasteiger partial charge in [0, 0.05) is 22.8 Å². The van der Waals surface area contributed by atoms with Gasteiger partial charge in [-0.2, -0.15) is 0 Å². The first-order valence-electron chi connectivity index (χ1n) is 7.84. The van der Waals surface area contributed by atoms with Crippen LogP contribution in [0.25, 0.3) is 21.9 Å². The maximum atomic E-state index is 5.27. The largest absolute Gasteiger partial charge is 0.497 e. The Labute approximate surface area is 131 Å². The average Bonchev–Trinajstić information content (AvgIpc) is 2.59. The normalized spacial score (nSPS) is 10.8. The van der Waals surface area contributed by atoms with Gasteiger partial charge in [0.15, 0.2) is 0 Å². The van der Waals surface area contributed by atoms with Gasteiger partial charge in [-0.1, -0.05) is 49.7 Å². The Hall–Kier alpha value is -2.35. The number of hydrogen-bond acceptors (Lipinski definition) is 2. The molecule has 0 saturated carbocycles. The summed E-state index contributed by atoms with van der Waals surface area (Å²) in [5.74, 6) is 0.882. The molecule has 1 aromatic heterocycles. The SMILES string of the molecule is CCCCc1ncc2ccccc2c1-c1ccc(OC)cc1. The van der Waals surface area contributed by atoms with Gasteiger partial charge in [-0.15, -0.1) is 0 Å². The standard InChI is InChI=1S/C20H21NO/c1-3-4-9-19-20(15-10-12-17(22-2)13-11-15)18-8-6-5-7-16(18)14-21-19/h5-8,10-14H,3-4,9H2,1-2H3. The van der Waals surface area contributed by atoms with Gasteiger partial charge in [-0.25, -0.2) is 0 Å². The van der Waals surface area contributed by atoms with Crippen LogP contribution >= 0.6 is 0 Å². The molecule has 1 heterocycles. The molecule has 3 aromatic rings. The molecule has 0 spiro atoms. The number of rotatable bonds is 5. The molecule has 112 valence electrons. The summed E-state index contributed by atoms with van der Waals surface area (Å²) in [5.41, 5.74) is 3.65. The summed E-state index contributed by atoms with van der Waals surface area (Å²) in [6, 6.07) is 16.7. The Balaban J connectivity index is 2.18. The first-order valence-corrected chi connectivity index (χ1v) is 7.84. The minimum atomic E-state index is 0.882. The smallest absolute Gasteiger partial charge is 0.118 e. The monoisotopic (exact) mass is 291 g/mol. The predicted octanol–water partition coefficient (Wildman–Crippen LogP) is 5.25. The van der Waals surface area contributed by atoms with E-state index in [1.807, 2.05) is 18.3 Å². The van der Waals surface area contributed by atoms with E-state index in [9.17, 15) is 0 Å². The number of nitrogens with zero attached hydrogens (tertiary/aromatic N) is 1. The van der Waals surface area contributed by atoms with Gasteiger partial charge in [0.25, 0.3) is 0 Å². The van der Waals surface area contributed by atoms with Crippen LogP contribution in [0.3, 0.4) is 0 Å². The third-order valence-electron chi connectivity index (χ3n) is 4.02. The molecule has 0 unspecified atom stereocenters. The van der Waals surface area contributed by atoms with E-state index in [4.69, 9.17) is 9.72 Å². The highest BCUT2D eigenvalue weighted by atomic mass is 16.5. The predicted molar refractivity (Wildman–Crippen MR) is 92.3 cm³/mol. The molecule has 0 N–H and O–H groups in total. The number of fused-ring (bicyclic) bond motifs is 1. The molecule has 3 rings (SSSR count). The molecule has 0 fully saturated rings. The van der Waals surface area contributed by atoms with Crippen LogP contribution in [0.2, 0.25) is 0 Å². The van der Waals surface area contributed by atoms with E-state index in [1.165, 1.54) is 34.0 Å². The summed E-state index contributed by atoms with van der Waals surface area (Å²) in [5, 5.41) is 2.46. The molecule has 0 aliphatic heterocycles. The molecule has 22 heavy (non-hydrogen) atoms. The summed E-state index contributed by atoms with van der Waals surface area (Å²) in [7, 11) is 1.70. The van der Waals surface area contributed by atoms with Crippen molar-refractivity contribution in [1.29, 1.82) is 0 Å². The molecule has 0 radical (unpaired) electrons. The molecule has 2 nitrogen and oxygen atoms in total. The average molecular weight is 291 g/mol. The third-order valence-corrected chi connectivity index (χ3v) is 4.02. The summed E-state index contributed by atoms with van der Waals surface area (Å²) in [6.45, 7) is 2.22. The second-order valence-corrected chi connectivity index (χ2v) is 5.50. The topological polar surface area (TPSA) is 22.1 Å². The molecule has 0 aliphatic carbocycles. The number of aryl methyl sites for hydroxylation is 1. The number of benzene rings is 2. The van der Waals surface area contributed by atoms with Gasteiger partial charge in [0.2, 0.25) is 0 Å². The van der Waals surface area contributed by atoms with Crippen LogP contribution in [0.5, 0.6) is 5.75 Å². The van der Waals surface area contributed by atoms with E-state index >= 15 is 0 Å². The second kappa shape index (κ2) is 6.61. The first kappa shape index (κ1) is 14.6. The van der Waals surface area contributed by atoms with Gasteiger partial charge < -0.3 is 4.74 Å². The minimum absolute atomic E-state index is 0.882. The van der Waals surface area contributed by atoms with Crippen molar-refractivity contribution in [3.05, 3.63) is 60.4 Å². The summed E-state index contributed by atoms with van der Waals surface area (Å²) >= 11 is 0. The van der Waals surface area contributed by atoms with Gasteiger partial charge in [0.1, 0.15) is 5.75 Å². The quantitative estimate of drug-likeness (QED) is 0.640. The van der Waals surface area contributed by atoms with E-state index in [0.717, 1.165) is 18.6 Å². The Morgan fingerprint density at radius 3 is 2.50 bits per heavy atom. The van der Waals surface area contributed by atoms with E-state index < -0.39 is 0 Å². The molecule has 2 aromatic carbocycles. The number of pyridine rings is 1. The Morgan fingerprint density at radius 1 is 1.00 bits per heavy atom. The van der Waals surface area contributed by atoms with Gasteiger partial charge in [-0.05, 0) is 35.9 Å². The van der Waals surface area contributed by atoms with Crippen LogP contribution in [0.1, 0.15) is 25.5 Å². The van der Waals surface area contributed by atoms with Crippen molar-refractivity contribution < 1.29 is 4.74 Å². The highest BCUT2D eigenvalue weighted by Crippen LogP contribution is 2.32. The lowest BCUT2D eigenvalue weighted by atomic mass is 9.95. The number of hydrogen-bond donors (Lipinski definition) is 0. The summed E-state index contributed by atoms with van der Waals surface area (Å²) < 4.78 is 5.27. The van der Waals surface area contributed by atoms with Crippen LogP contribution in [0.15, 0.2) is 54.7 Å². The maximum Gasteiger partial charge on any atom is 0.118 e. The minimum Gasteiger partial charge on any atom is -0.497 e. The van der Waals surface area contributed by atoms with Gasteiger partial charge in [0.05, 0.1) is 7.11 Å². The van der Waals surface area contributed by atoms with E-state index in [0.29, 0.717) is 0 Å². The maximum absolute atomic E-state index is 5.27. The summed E-state index contributed by atoms with van der Waals surface area (Å²) in [6.07, 6.45) is 5.35. The third kappa shape index (κ3) is 2.82. The van der Waals surface area contributed by atoms with Crippen molar-refractivity contribution in [2.75, 3.05) is 7.11 Å². The van der Waals surface area contributed by atoms with Crippen molar-refractivity contribution in [1.82, 2.24) is 4.98 Å². The van der Waals surface area contributed by atoms with Crippen LogP contribution in [0, 0.1) is 0 Å². The molecule has 0 amide bonds. The van der Waals surface area contributed by atoms with Crippen LogP contribution in [0.4, 0.5) is 0 Å². The second-order valence-electron chi connectivity index (χ2n) is 5.50. The van der Waals surface area contributed by atoms with Crippen LogP contribution < -0.4 is 4.74 Å². The van der Waals surface area contributed by atoms with Crippen molar-refractivity contribution in [2.45, 2.75) is 26.2 Å². The number of unbranched alkanes of at least 4 members (excludes halogenated alkanes) is 1. The zero-order valence-electron chi connectivity index (χ0n) is 13.2. The highest BCUT2D eigenvalue weighted by Gasteiger charge is 2.11. The van der Waals surface area contributed by atoms with E-state index in [1.54, 1.807) is 7.11 Å². The lowest BCUT2D eigenvalue weighted by Gasteiger charge is -2.13. The van der Waals surface area contributed by atoms with E-state index in [2.05, 4.69) is 43.3 Å². The van der Waals surface area contributed by atoms with Crippen molar-refractivity contribution in [3.8, 4) is 16.9 Å². The summed E-state index contributed by atoms with van der Waals surface area (Å²) in [4.78, 5) is 4.73. The number of aromatic nitrogens is 1. The first-order chi connectivity index (χ1) is 10.8. The molecular weight excluding hydrogens is 270 g/mol. The number of methoxy groups -OCH3 is 1. The Morgan fingerprint density at radius 2 is 1.77 bits per heavy atom.